The van der Waals surface area contributed by atoms with Gasteiger partial charge in [0.05, 0.1) is 0 Å². The van der Waals surface area contributed by atoms with Gasteiger partial charge in [-0.25, -0.2) is 8.78 Å². The zero-order valence-corrected chi connectivity index (χ0v) is 7.42. The molecule has 5 heteroatoms. The molecule has 14 heavy (non-hydrogen) atoms. The number of anilines is 1. The zero-order valence-electron chi connectivity index (χ0n) is 7.42. The van der Waals surface area contributed by atoms with Crippen LogP contribution in [0.15, 0.2) is 18.2 Å². The highest BCUT2D eigenvalue weighted by atomic mass is 19.1. The van der Waals surface area contributed by atoms with Gasteiger partial charge >= 0.3 is 0 Å². The number of benzene rings is 1. The van der Waals surface area contributed by atoms with Gasteiger partial charge in [0.25, 0.3) is 5.91 Å². The maximum atomic E-state index is 12.9. The second kappa shape index (κ2) is 4.15. The first-order valence-electron chi connectivity index (χ1n) is 3.95. The Balaban J connectivity index is 2.91. The van der Waals surface area contributed by atoms with Crippen molar-refractivity contribution in [2.75, 3.05) is 5.32 Å². The number of carbonyl (C=O) groups is 1. The van der Waals surface area contributed by atoms with Gasteiger partial charge in [0, 0.05) is 0 Å². The summed E-state index contributed by atoms with van der Waals surface area (Å²) >= 11 is 0. The standard InChI is InChI=1S/C9H9F2NO2/c1-5(13)9(14)12-8-6(10)3-2-4-7(8)11/h2-5,13H,1H3,(H,12,14). The monoisotopic (exact) mass is 201 g/mol. The fourth-order valence-corrected chi connectivity index (χ4v) is 0.845. The fourth-order valence-electron chi connectivity index (χ4n) is 0.845. The molecule has 0 saturated heterocycles. The predicted octanol–water partition coefficient (Wildman–Crippen LogP) is 1.28. The highest BCUT2D eigenvalue weighted by molar-refractivity contribution is 5.93. The lowest BCUT2D eigenvalue weighted by molar-refractivity contribution is -0.123. The molecule has 0 bridgehead atoms. The quantitative estimate of drug-likeness (QED) is 0.757. The van der Waals surface area contributed by atoms with Gasteiger partial charge in [-0.05, 0) is 19.1 Å². The number of aliphatic hydroxyl groups is 1. The fraction of sp³-hybridized carbons (Fsp3) is 0.222. The van der Waals surface area contributed by atoms with E-state index >= 15 is 0 Å². The van der Waals surface area contributed by atoms with Crippen molar-refractivity contribution >= 4 is 11.6 Å². The molecule has 1 amide bonds. The van der Waals surface area contributed by atoms with Crippen LogP contribution >= 0.6 is 0 Å². The van der Waals surface area contributed by atoms with Gasteiger partial charge in [-0.1, -0.05) is 6.07 Å². The van der Waals surface area contributed by atoms with E-state index < -0.39 is 29.3 Å². The van der Waals surface area contributed by atoms with E-state index in [1.165, 1.54) is 13.0 Å². The summed E-state index contributed by atoms with van der Waals surface area (Å²) in [5.41, 5.74) is -0.543. The largest absolute Gasteiger partial charge is 0.384 e. The van der Waals surface area contributed by atoms with Crippen molar-refractivity contribution in [2.45, 2.75) is 13.0 Å². The summed E-state index contributed by atoms with van der Waals surface area (Å²) in [6, 6.07) is 3.21. The summed E-state index contributed by atoms with van der Waals surface area (Å²) in [5.74, 6) is -2.60. The van der Waals surface area contributed by atoms with Gasteiger partial charge in [-0.15, -0.1) is 0 Å². The minimum absolute atomic E-state index is 0.543. The number of carbonyl (C=O) groups excluding carboxylic acids is 1. The molecule has 1 aromatic carbocycles. The number of hydrogen-bond donors (Lipinski definition) is 2. The van der Waals surface area contributed by atoms with Gasteiger partial charge in [0.15, 0.2) is 0 Å². The third-order valence-corrected chi connectivity index (χ3v) is 1.59. The molecule has 0 radical (unpaired) electrons. The Kier molecular flexibility index (Phi) is 3.14. The average molecular weight is 201 g/mol. The number of rotatable bonds is 2. The van der Waals surface area contributed by atoms with Crippen molar-refractivity contribution in [3.05, 3.63) is 29.8 Å². The molecular formula is C9H9F2NO2. The van der Waals surface area contributed by atoms with Gasteiger partial charge in [-0.3, -0.25) is 4.79 Å². The number of nitrogens with one attached hydrogen (secondary N) is 1. The molecule has 1 aromatic rings. The maximum Gasteiger partial charge on any atom is 0.253 e. The van der Waals surface area contributed by atoms with Crippen molar-refractivity contribution in [1.29, 1.82) is 0 Å². The van der Waals surface area contributed by atoms with Crippen LogP contribution in [0.1, 0.15) is 6.92 Å². The second-order valence-electron chi connectivity index (χ2n) is 2.76. The number of aliphatic hydroxyl groups excluding tert-OH is 1. The summed E-state index contributed by atoms with van der Waals surface area (Å²) in [6.07, 6.45) is -1.31. The Hall–Kier alpha value is -1.49. The molecule has 0 heterocycles. The lowest BCUT2D eigenvalue weighted by atomic mass is 10.2. The van der Waals surface area contributed by atoms with Crippen LogP contribution in [0.3, 0.4) is 0 Å². The number of para-hydroxylation sites is 1. The minimum atomic E-state index is -1.31. The Morgan fingerprint density at radius 3 is 2.36 bits per heavy atom. The summed E-state index contributed by atoms with van der Waals surface area (Å²) < 4.78 is 25.9. The van der Waals surface area contributed by atoms with Gasteiger partial charge in [0.2, 0.25) is 0 Å². The van der Waals surface area contributed by atoms with Crippen LogP contribution in [0.2, 0.25) is 0 Å². The molecule has 1 atom stereocenters. The molecule has 0 saturated carbocycles. The van der Waals surface area contributed by atoms with Gasteiger partial charge in [-0.2, -0.15) is 0 Å². The highest BCUT2D eigenvalue weighted by Crippen LogP contribution is 2.17. The van der Waals surface area contributed by atoms with Crippen LogP contribution in [-0.4, -0.2) is 17.1 Å². The molecule has 0 spiro atoms. The van der Waals surface area contributed by atoms with Crippen LogP contribution in [-0.2, 0) is 4.79 Å². The molecule has 1 rings (SSSR count). The Bertz CT molecular complexity index is 332. The smallest absolute Gasteiger partial charge is 0.253 e. The summed E-state index contributed by atoms with van der Waals surface area (Å²) in [4.78, 5) is 10.9. The summed E-state index contributed by atoms with van der Waals surface area (Å²) in [6.45, 7) is 1.20. The molecule has 2 N–H and O–H groups in total. The van der Waals surface area contributed by atoms with E-state index in [0.29, 0.717) is 0 Å². The predicted molar refractivity (Wildman–Crippen MR) is 46.7 cm³/mol. The van der Waals surface area contributed by atoms with Crippen molar-refractivity contribution in [1.82, 2.24) is 0 Å². The van der Waals surface area contributed by atoms with E-state index in [4.69, 9.17) is 5.11 Å². The van der Waals surface area contributed by atoms with E-state index in [2.05, 4.69) is 0 Å². The van der Waals surface area contributed by atoms with E-state index in [9.17, 15) is 13.6 Å². The molecule has 0 fully saturated rings. The van der Waals surface area contributed by atoms with E-state index in [-0.39, 0.29) is 0 Å². The first-order chi connectivity index (χ1) is 6.52. The molecule has 0 aliphatic carbocycles. The van der Waals surface area contributed by atoms with E-state index in [1.54, 1.807) is 0 Å². The molecule has 0 aliphatic heterocycles. The summed E-state index contributed by atoms with van der Waals surface area (Å²) in [7, 11) is 0. The summed E-state index contributed by atoms with van der Waals surface area (Å²) in [5, 5.41) is 10.7. The van der Waals surface area contributed by atoms with Crippen molar-refractivity contribution < 1.29 is 18.7 Å². The van der Waals surface area contributed by atoms with Crippen LogP contribution in [0, 0.1) is 11.6 Å². The third kappa shape index (κ3) is 2.26. The van der Waals surface area contributed by atoms with E-state index in [1.807, 2.05) is 5.32 Å². The number of hydrogen-bond acceptors (Lipinski definition) is 2. The van der Waals surface area contributed by atoms with Crippen molar-refractivity contribution in [3.63, 3.8) is 0 Å². The lowest BCUT2D eigenvalue weighted by Gasteiger charge is -2.08. The SMILES string of the molecule is CC(O)C(=O)Nc1c(F)cccc1F. The molecular weight excluding hydrogens is 192 g/mol. The van der Waals surface area contributed by atoms with E-state index in [0.717, 1.165) is 12.1 Å². The molecule has 76 valence electrons. The molecule has 0 aliphatic rings. The number of halogens is 2. The minimum Gasteiger partial charge on any atom is -0.384 e. The molecule has 1 unspecified atom stereocenters. The van der Waals surface area contributed by atoms with Gasteiger partial charge in [0.1, 0.15) is 23.4 Å². The first-order valence-corrected chi connectivity index (χ1v) is 3.95. The lowest BCUT2D eigenvalue weighted by Crippen LogP contribution is -2.25. The molecule has 3 nitrogen and oxygen atoms in total. The van der Waals surface area contributed by atoms with Crippen molar-refractivity contribution in [3.8, 4) is 0 Å². The second-order valence-corrected chi connectivity index (χ2v) is 2.76. The first kappa shape index (κ1) is 10.6. The van der Waals surface area contributed by atoms with Gasteiger partial charge < -0.3 is 10.4 Å². The maximum absolute atomic E-state index is 12.9. The van der Waals surface area contributed by atoms with Crippen LogP contribution in [0.25, 0.3) is 0 Å². The Morgan fingerprint density at radius 1 is 1.43 bits per heavy atom. The highest BCUT2D eigenvalue weighted by Gasteiger charge is 2.14. The third-order valence-electron chi connectivity index (χ3n) is 1.59. The van der Waals surface area contributed by atoms with Crippen molar-refractivity contribution in [2.24, 2.45) is 0 Å². The normalized spacial score (nSPS) is 12.3. The van der Waals surface area contributed by atoms with Crippen LogP contribution in [0.4, 0.5) is 14.5 Å². The number of amides is 1. The average Bonchev–Trinajstić information content (AvgIpc) is 2.11. The Labute approximate surface area is 79.4 Å². The van der Waals surface area contributed by atoms with Crippen LogP contribution in [0.5, 0.6) is 0 Å². The Morgan fingerprint density at radius 2 is 1.93 bits per heavy atom. The molecule has 0 aromatic heterocycles. The topological polar surface area (TPSA) is 49.3 Å². The zero-order chi connectivity index (χ0) is 10.7. The van der Waals surface area contributed by atoms with Crippen LogP contribution < -0.4 is 5.32 Å².